The number of piperazine rings is 1. The lowest BCUT2D eigenvalue weighted by Crippen LogP contribution is -2.48. The van der Waals surface area contributed by atoms with E-state index in [1.54, 1.807) is 11.3 Å². The van der Waals surface area contributed by atoms with Crippen LogP contribution in [0, 0.1) is 0 Å². The Morgan fingerprint density at radius 1 is 1.27 bits per heavy atom. The second kappa shape index (κ2) is 7.22. The summed E-state index contributed by atoms with van der Waals surface area (Å²) < 4.78 is 37.7. The molecule has 0 aromatic carbocycles. The van der Waals surface area contributed by atoms with Crippen molar-refractivity contribution < 1.29 is 18.0 Å². The van der Waals surface area contributed by atoms with Gasteiger partial charge in [-0.05, 0) is 19.4 Å². The van der Waals surface area contributed by atoms with Crippen molar-refractivity contribution in [2.24, 2.45) is 0 Å². The van der Waals surface area contributed by atoms with Gasteiger partial charge in [0, 0.05) is 42.7 Å². The van der Waals surface area contributed by atoms with Crippen LogP contribution in [-0.4, -0.2) is 53.1 Å². The average Bonchev–Trinajstić information content (AvgIpc) is 3.04. The van der Waals surface area contributed by atoms with Gasteiger partial charge >= 0.3 is 6.18 Å². The summed E-state index contributed by atoms with van der Waals surface area (Å²) in [5.41, 5.74) is -0.882. The maximum absolute atomic E-state index is 12.6. The van der Waals surface area contributed by atoms with Gasteiger partial charge in [-0.2, -0.15) is 13.2 Å². The van der Waals surface area contributed by atoms with Crippen molar-refractivity contribution in [3.63, 3.8) is 0 Å². The van der Waals surface area contributed by atoms with E-state index in [1.165, 1.54) is 16.1 Å². The number of halogens is 3. The normalized spacial score (nSPS) is 16.4. The number of hydrogen-bond donors (Lipinski definition) is 0. The van der Waals surface area contributed by atoms with Crippen LogP contribution in [0.25, 0.3) is 10.2 Å². The van der Waals surface area contributed by atoms with Gasteiger partial charge in [0.25, 0.3) is 0 Å². The Labute approximate surface area is 153 Å². The molecule has 0 N–H and O–H groups in total. The molecule has 26 heavy (non-hydrogen) atoms. The standard InChI is InChI=1S/C17H19F3N4OS/c1-3-12-9-13-15(21-10-22-16(13)26-12)24-6-4-23(5-7-24)14(25)8-11(2)17(18,19)20/h8-10H,3-7H2,1-2H3/b11-8-. The SMILES string of the molecule is CCc1cc2c(N3CCN(C(=O)/C=C(/C)C(F)(F)F)CC3)ncnc2s1. The van der Waals surface area contributed by atoms with Gasteiger partial charge in [0.05, 0.1) is 5.39 Å². The number of hydrogen-bond acceptors (Lipinski definition) is 5. The monoisotopic (exact) mass is 384 g/mol. The zero-order valence-corrected chi connectivity index (χ0v) is 15.3. The lowest BCUT2D eigenvalue weighted by molar-refractivity contribution is -0.127. The van der Waals surface area contributed by atoms with Crippen LogP contribution < -0.4 is 4.90 Å². The fourth-order valence-electron chi connectivity index (χ4n) is 2.82. The first-order chi connectivity index (χ1) is 12.3. The van der Waals surface area contributed by atoms with E-state index in [9.17, 15) is 18.0 Å². The highest BCUT2D eigenvalue weighted by atomic mass is 32.1. The van der Waals surface area contributed by atoms with Gasteiger partial charge < -0.3 is 9.80 Å². The van der Waals surface area contributed by atoms with Crippen LogP contribution in [0.15, 0.2) is 24.0 Å². The van der Waals surface area contributed by atoms with E-state index in [1.807, 2.05) is 0 Å². The van der Waals surface area contributed by atoms with Crippen molar-refractivity contribution in [3.05, 3.63) is 28.9 Å². The summed E-state index contributed by atoms with van der Waals surface area (Å²) in [6.45, 7) is 4.75. The Balaban J connectivity index is 1.71. The summed E-state index contributed by atoms with van der Waals surface area (Å²) in [7, 11) is 0. The summed E-state index contributed by atoms with van der Waals surface area (Å²) >= 11 is 1.63. The van der Waals surface area contributed by atoms with Crippen LogP contribution >= 0.6 is 11.3 Å². The van der Waals surface area contributed by atoms with Crippen molar-refractivity contribution in [1.29, 1.82) is 0 Å². The van der Waals surface area contributed by atoms with Gasteiger partial charge in [0.15, 0.2) is 0 Å². The fourth-order valence-corrected chi connectivity index (χ4v) is 3.75. The first kappa shape index (κ1) is 18.6. The second-order valence-corrected chi connectivity index (χ2v) is 7.24. The summed E-state index contributed by atoms with van der Waals surface area (Å²) in [6, 6.07) is 2.09. The number of allylic oxidation sites excluding steroid dienone is 1. The van der Waals surface area contributed by atoms with Gasteiger partial charge in [-0.15, -0.1) is 11.3 Å². The van der Waals surface area contributed by atoms with Crippen LogP contribution in [0.3, 0.4) is 0 Å². The Hall–Kier alpha value is -2.16. The maximum atomic E-state index is 12.6. The summed E-state index contributed by atoms with van der Waals surface area (Å²) in [4.78, 5) is 26.4. The van der Waals surface area contributed by atoms with Crippen LogP contribution in [-0.2, 0) is 11.2 Å². The maximum Gasteiger partial charge on any atom is 0.412 e. The Morgan fingerprint density at radius 2 is 1.96 bits per heavy atom. The van der Waals surface area contributed by atoms with Gasteiger partial charge in [-0.3, -0.25) is 4.79 Å². The molecule has 0 unspecified atom stereocenters. The molecule has 1 aliphatic rings. The molecule has 0 atom stereocenters. The van der Waals surface area contributed by atoms with Crippen molar-refractivity contribution in [2.75, 3.05) is 31.1 Å². The zero-order chi connectivity index (χ0) is 18.9. The molecule has 1 amide bonds. The van der Waals surface area contributed by atoms with E-state index in [4.69, 9.17) is 0 Å². The van der Waals surface area contributed by atoms with E-state index < -0.39 is 17.7 Å². The molecule has 1 aliphatic heterocycles. The molecular formula is C17H19F3N4OS. The van der Waals surface area contributed by atoms with Crippen molar-refractivity contribution >= 4 is 33.3 Å². The minimum atomic E-state index is -4.47. The van der Waals surface area contributed by atoms with Crippen LogP contribution in [0.5, 0.6) is 0 Å². The van der Waals surface area contributed by atoms with Crippen molar-refractivity contribution in [3.8, 4) is 0 Å². The zero-order valence-electron chi connectivity index (χ0n) is 14.5. The molecule has 3 heterocycles. The predicted molar refractivity (Wildman–Crippen MR) is 95.4 cm³/mol. The first-order valence-electron chi connectivity index (χ1n) is 8.32. The van der Waals surface area contributed by atoms with E-state index >= 15 is 0 Å². The number of anilines is 1. The number of amides is 1. The molecule has 0 bridgehead atoms. The van der Waals surface area contributed by atoms with Gasteiger partial charge in [0.1, 0.15) is 17.0 Å². The summed E-state index contributed by atoms with van der Waals surface area (Å²) in [5.74, 6) is 0.219. The number of aryl methyl sites for hydroxylation is 1. The minimum absolute atomic E-state index is 0.358. The Kier molecular flexibility index (Phi) is 5.17. The molecule has 1 saturated heterocycles. The largest absolute Gasteiger partial charge is 0.412 e. The van der Waals surface area contributed by atoms with Crippen molar-refractivity contribution in [2.45, 2.75) is 26.4 Å². The topological polar surface area (TPSA) is 49.3 Å². The molecule has 2 aromatic rings. The Bertz CT molecular complexity index is 838. The number of aromatic nitrogens is 2. The molecule has 0 spiro atoms. The number of thiophene rings is 1. The fraction of sp³-hybridized carbons (Fsp3) is 0.471. The number of alkyl halides is 3. The van der Waals surface area contributed by atoms with E-state index in [0.29, 0.717) is 32.3 Å². The third kappa shape index (κ3) is 3.82. The lowest BCUT2D eigenvalue weighted by atomic mass is 10.2. The second-order valence-electron chi connectivity index (χ2n) is 6.12. The van der Waals surface area contributed by atoms with Gasteiger partial charge in [0.2, 0.25) is 5.91 Å². The van der Waals surface area contributed by atoms with E-state index in [0.717, 1.165) is 29.4 Å². The molecule has 140 valence electrons. The van der Waals surface area contributed by atoms with Crippen LogP contribution in [0.2, 0.25) is 0 Å². The van der Waals surface area contributed by atoms with Gasteiger partial charge in [-0.25, -0.2) is 9.97 Å². The summed E-state index contributed by atoms with van der Waals surface area (Å²) in [5, 5.41) is 0.988. The number of rotatable bonds is 3. The molecule has 1 fully saturated rings. The van der Waals surface area contributed by atoms with E-state index in [-0.39, 0.29) is 0 Å². The highest BCUT2D eigenvalue weighted by Gasteiger charge is 2.31. The van der Waals surface area contributed by atoms with E-state index in [2.05, 4.69) is 27.9 Å². The first-order valence-corrected chi connectivity index (χ1v) is 9.14. The average molecular weight is 384 g/mol. The lowest BCUT2D eigenvalue weighted by Gasteiger charge is -2.35. The molecular weight excluding hydrogens is 365 g/mol. The molecule has 2 aromatic heterocycles. The molecule has 0 radical (unpaired) electrons. The highest BCUT2D eigenvalue weighted by Crippen LogP contribution is 2.31. The highest BCUT2D eigenvalue weighted by molar-refractivity contribution is 7.18. The summed E-state index contributed by atoms with van der Waals surface area (Å²) in [6.07, 6.45) is -1.35. The minimum Gasteiger partial charge on any atom is -0.352 e. The molecule has 9 heteroatoms. The quantitative estimate of drug-likeness (QED) is 0.761. The third-order valence-electron chi connectivity index (χ3n) is 4.39. The molecule has 3 rings (SSSR count). The number of nitrogens with zero attached hydrogens (tertiary/aromatic N) is 4. The van der Waals surface area contributed by atoms with Crippen LogP contribution in [0.4, 0.5) is 19.0 Å². The molecule has 5 nitrogen and oxygen atoms in total. The van der Waals surface area contributed by atoms with Gasteiger partial charge in [-0.1, -0.05) is 6.92 Å². The third-order valence-corrected chi connectivity index (χ3v) is 5.57. The smallest absolute Gasteiger partial charge is 0.352 e. The predicted octanol–water partition coefficient (Wildman–Crippen LogP) is 3.41. The number of fused-ring (bicyclic) bond motifs is 1. The van der Waals surface area contributed by atoms with Crippen molar-refractivity contribution in [1.82, 2.24) is 14.9 Å². The molecule has 0 aliphatic carbocycles. The van der Waals surface area contributed by atoms with Crippen LogP contribution in [0.1, 0.15) is 18.7 Å². The molecule has 0 saturated carbocycles. The number of carbonyl (C=O) groups is 1. The number of carbonyl (C=O) groups excluding carboxylic acids is 1. The Morgan fingerprint density at radius 3 is 2.58 bits per heavy atom.